The molecule has 3 aromatic rings. The molecular formula is C23H31ClN4O3. The maximum atomic E-state index is 10.8. The third kappa shape index (κ3) is 6.34. The van der Waals surface area contributed by atoms with E-state index in [1.54, 1.807) is 6.07 Å². The van der Waals surface area contributed by atoms with E-state index < -0.39 is 6.09 Å². The van der Waals surface area contributed by atoms with Crippen molar-refractivity contribution >= 4 is 23.5 Å². The first kappa shape index (κ1) is 24.5. The van der Waals surface area contributed by atoms with E-state index in [9.17, 15) is 4.79 Å². The van der Waals surface area contributed by atoms with E-state index in [0.717, 1.165) is 16.8 Å². The number of aromatic nitrogens is 3. The Bertz CT molecular complexity index is 1010. The van der Waals surface area contributed by atoms with Crippen LogP contribution in [0.5, 0.6) is 0 Å². The Balaban J connectivity index is 0.000000225. The summed E-state index contributed by atoms with van der Waals surface area (Å²) in [7, 11) is 1.29. The van der Waals surface area contributed by atoms with Gasteiger partial charge >= 0.3 is 6.09 Å². The molecular weight excluding hydrogens is 416 g/mol. The Labute approximate surface area is 188 Å². The van der Waals surface area contributed by atoms with E-state index in [1.807, 2.05) is 50.6 Å². The van der Waals surface area contributed by atoms with Gasteiger partial charge in [-0.05, 0) is 27.7 Å². The van der Waals surface area contributed by atoms with E-state index in [2.05, 4.69) is 53.2 Å². The predicted octanol–water partition coefficient (Wildman–Crippen LogP) is 6.42. The van der Waals surface area contributed by atoms with Crippen LogP contribution in [0.2, 0.25) is 5.15 Å². The minimum atomic E-state index is -0.557. The quantitative estimate of drug-likeness (QED) is 0.491. The summed E-state index contributed by atoms with van der Waals surface area (Å²) in [5.74, 6) is 1.07. The van der Waals surface area contributed by atoms with Crippen molar-refractivity contribution in [1.29, 1.82) is 0 Å². The van der Waals surface area contributed by atoms with Crippen LogP contribution >= 0.6 is 11.6 Å². The van der Waals surface area contributed by atoms with Gasteiger partial charge in [-0.25, -0.2) is 4.79 Å². The first-order valence-electron chi connectivity index (χ1n) is 9.97. The highest BCUT2D eigenvalue weighted by Crippen LogP contribution is 2.32. The molecule has 31 heavy (non-hydrogen) atoms. The lowest BCUT2D eigenvalue weighted by molar-refractivity contribution is 0.186. The van der Waals surface area contributed by atoms with Crippen LogP contribution in [0, 0.1) is 6.92 Å². The number of nitrogens with one attached hydrogen (secondary N) is 1. The van der Waals surface area contributed by atoms with Gasteiger partial charge in [-0.2, -0.15) is 5.10 Å². The third-order valence-electron chi connectivity index (χ3n) is 4.41. The van der Waals surface area contributed by atoms with Crippen molar-refractivity contribution in [3.63, 3.8) is 0 Å². The molecule has 0 spiro atoms. The minimum absolute atomic E-state index is 0.0803. The van der Waals surface area contributed by atoms with Gasteiger partial charge in [-0.1, -0.05) is 67.9 Å². The molecule has 0 radical (unpaired) electrons. The Kier molecular flexibility index (Phi) is 7.54. The summed E-state index contributed by atoms with van der Waals surface area (Å²) in [6.45, 7) is 14.4. The van der Waals surface area contributed by atoms with Crippen LogP contribution < -0.4 is 5.32 Å². The number of carbonyl (C=O) groups is 1. The first-order valence-corrected chi connectivity index (χ1v) is 10.4. The molecule has 0 saturated carbocycles. The number of amides is 1. The smallest absolute Gasteiger partial charge is 0.412 e. The van der Waals surface area contributed by atoms with Crippen LogP contribution in [0.25, 0.3) is 11.3 Å². The largest absolute Gasteiger partial charge is 0.453 e. The van der Waals surface area contributed by atoms with E-state index in [4.69, 9.17) is 16.1 Å². The summed E-state index contributed by atoms with van der Waals surface area (Å²) in [6, 6.07) is 11.9. The number of ether oxygens (including phenoxy) is 1. The van der Waals surface area contributed by atoms with Gasteiger partial charge in [0.25, 0.3) is 0 Å². The maximum absolute atomic E-state index is 10.8. The molecule has 0 aliphatic heterocycles. The third-order valence-corrected chi connectivity index (χ3v) is 4.77. The molecule has 8 heteroatoms. The standard InChI is InChI=1S/C14H17ClN2.C9H14N2O3/c1-10-12(11-8-6-5-7-9-11)17(14(2,3)4)16-13(10)15;1-9(2,3)6-5-7(11-14-6)10-8(12)13-4/h5-9H,1-4H3;5H,1-4H3,(H,10,11,12). The molecule has 0 aliphatic carbocycles. The van der Waals surface area contributed by atoms with Crippen molar-refractivity contribution in [2.24, 2.45) is 0 Å². The SMILES string of the molecule is COC(=O)Nc1cc(C(C)(C)C)on1.Cc1c(Cl)nn(C(C)(C)C)c1-c1ccccc1. The number of rotatable bonds is 2. The Morgan fingerprint density at radius 2 is 1.74 bits per heavy atom. The summed E-state index contributed by atoms with van der Waals surface area (Å²) < 4.78 is 11.5. The molecule has 0 aliphatic rings. The number of benzene rings is 1. The molecule has 0 fully saturated rings. The number of hydrogen-bond donors (Lipinski definition) is 1. The Hall–Kier alpha value is -2.80. The van der Waals surface area contributed by atoms with Crippen LogP contribution in [-0.4, -0.2) is 28.1 Å². The summed E-state index contributed by atoms with van der Waals surface area (Å²) in [5, 5.41) is 11.1. The van der Waals surface area contributed by atoms with Gasteiger partial charge in [0.05, 0.1) is 18.3 Å². The second kappa shape index (κ2) is 9.56. The zero-order valence-corrected chi connectivity index (χ0v) is 20.2. The minimum Gasteiger partial charge on any atom is -0.453 e. The fourth-order valence-electron chi connectivity index (χ4n) is 2.73. The lowest BCUT2D eigenvalue weighted by Gasteiger charge is -2.22. The molecule has 2 heterocycles. The average Bonchev–Trinajstić information content (AvgIpc) is 3.28. The summed E-state index contributed by atoms with van der Waals surface area (Å²) >= 11 is 6.16. The molecule has 3 rings (SSSR count). The van der Waals surface area contributed by atoms with Gasteiger partial charge in [0.2, 0.25) is 0 Å². The number of hydrogen-bond acceptors (Lipinski definition) is 5. The number of methoxy groups -OCH3 is 1. The first-order chi connectivity index (χ1) is 14.3. The molecule has 1 N–H and O–H groups in total. The van der Waals surface area contributed by atoms with E-state index in [0.29, 0.717) is 16.7 Å². The number of anilines is 1. The highest BCUT2D eigenvalue weighted by molar-refractivity contribution is 6.30. The molecule has 0 atom stereocenters. The maximum Gasteiger partial charge on any atom is 0.412 e. The fraction of sp³-hybridized carbons (Fsp3) is 0.435. The van der Waals surface area contributed by atoms with Crippen LogP contribution in [0.15, 0.2) is 40.9 Å². The molecule has 2 aromatic heterocycles. The topological polar surface area (TPSA) is 82.2 Å². The summed E-state index contributed by atoms with van der Waals surface area (Å²) in [5.41, 5.74) is 3.08. The van der Waals surface area contributed by atoms with Crippen molar-refractivity contribution in [3.8, 4) is 11.3 Å². The molecule has 1 amide bonds. The van der Waals surface area contributed by atoms with Gasteiger partial charge < -0.3 is 9.26 Å². The zero-order chi connectivity index (χ0) is 23.4. The van der Waals surface area contributed by atoms with Crippen molar-refractivity contribution in [2.75, 3.05) is 12.4 Å². The normalized spacial score (nSPS) is 11.5. The lowest BCUT2D eigenvalue weighted by atomic mass is 9.93. The van der Waals surface area contributed by atoms with Crippen molar-refractivity contribution in [2.45, 2.75) is 59.4 Å². The van der Waals surface area contributed by atoms with E-state index in [1.165, 1.54) is 7.11 Å². The predicted molar refractivity (Wildman–Crippen MR) is 124 cm³/mol. The lowest BCUT2D eigenvalue weighted by Crippen LogP contribution is -2.24. The number of carbonyl (C=O) groups excluding carboxylic acids is 1. The van der Waals surface area contributed by atoms with Crippen molar-refractivity contribution < 1.29 is 14.1 Å². The highest BCUT2D eigenvalue weighted by atomic mass is 35.5. The molecule has 0 saturated heterocycles. The van der Waals surface area contributed by atoms with Gasteiger partial charge in [-0.15, -0.1) is 0 Å². The zero-order valence-electron chi connectivity index (χ0n) is 19.4. The van der Waals surface area contributed by atoms with Crippen LogP contribution in [0.3, 0.4) is 0 Å². The second-order valence-corrected chi connectivity index (χ2v) is 9.51. The Morgan fingerprint density at radius 3 is 2.23 bits per heavy atom. The Morgan fingerprint density at radius 1 is 1.13 bits per heavy atom. The van der Waals surface area contributed by atoms with E-state index in [-0.39, 0.29) is 11.0 Å². The summed E-state index contributed by atoms with van der Waals surface area (Å²) in [6.07, 6.45) is -0.557. The molecule has 0 bridgehead atoms. The molecule has 0 unspecified atom stereocenters. The highest BCUT2D eigenvalue weighted by Gasteiger charge is 2.23. The van der Waals surface area contributed by atoms with Crippen LogP contribution in [-0.2, 0) is 15.7 Å². The van der Waals surface area contributed by atoms with E-state index >= 15 is 0 Å². The number of halogens is 1. The van der Waals surface area contributed by atoms with Crippen LogP contribution in [0.4, 0.5) is 10.6 Å². The van der Waals surface area contributed by atoms with Gasteiger partial charge in [0.15, 0.2) is 11.0 Å². The summed E-state index contributed by atoms with van der Waals surface area (Å²) in [4.78, 5) is 10.8. The molecule has 7 nitrogen and oxygen atoms in total. The second-order valence-electron chi connectivity index (χ2n) is 9.16. The average molecular weight is 447 g/mol. The molecule has 168 valence electrons. The van der Waals surface area contributed by atoms with Gasteiger partial charge in [0.1, 0.15) is 5.76 Å². The monoisotopic (exact) mass is 446 g/mol. The van der Waals surface area contributed by atoms with Gasteiger partial charge in [-0.3, -0.25) is 10.00 Å². The number of nitrogens with zero attached hydrogens (tertiary/aromatic N) is 3. The van der Waals surface area contributed by atoms with Crippen molar-refractivity contribution in [1.82, 2.24) is 14.9 Å². The molecule has 1 aromatic carbocycles. The van der Waals surface area contributed by atoms with Crippen molar-refractivity contribution in [3.05, 3.63) is 52.9 Å². The fourth-order valence-corrected chi connectivity index (χ4v) is 2.90. The van der Waals surface area contributed by atoms with Gasteiger partial charge in [0, 0.05) is 22.6 Å². The van der Waals surface area contributed by atoms with Crippen LogP contribution in [0.1, 0.15) is 52.9 Å².